The molecule has 1 aromatic carbocycles. The lowest BCUT2D eigenvalue weighted by atomic mass is 10.2. The van der Waals surface area contributed by atoms with Crippen LogP contribution in [-0.4, -0.2) is 63.1 Å². The van der Waals surface area contributed by atoms with Gasteiger partial charge in [0.05, 0.1) is 0 Å². The Labute approximate surface area is 169 Å². The highest BCUT2D eigenvalue weighted by molar-refractivity contribution is 5.78. The van der Waals surface area contributed by atoms with Gasteiger partial charge < -0.3 is 14.5 Å². The van der Waals surface area contributed by atoms with Crippen LogP contribution in [-0.2, 0) is 4.79 Å². The van der Waals surface area contributed by atoms with Gasteiger partial charge in [-0.3, -0.25) is 9.36 Å². The summed E-state index contributed by atoms with van der Waals surface area (Å²) in [4.78, 5) is 29.7. The number of piperazine rings is 1. The van der Waals surface area contributed by atoms with Gasteiger partial charge in [-0.2, -0.15) is 0 Å². The maximum atomic E-state index is 12.5. The molecule has 0 aliphatic carbocycles. The molecule has 8 nitrogen and oxygen atoms in total. The molecule has 0 N–H and O–H groups in total. The van der Waals surface area contributed by atoms with Crippen molar-refractivity contribution < 1.29 is 9.53 Å². The minimum absolute atomic E-state index is 0.00382. The number of imidazole rings is 1. The van der Waals surface area contributed by atoms with Crippen LogP contribution in [0.15, 0.2) is 49.1 Å². The molecule has 0 atom stereocenters. The number of carbonyl (C=O) groups is 1. The first-order valence-corrected chi connectivity index (χ1v) is 9.65. The van der Waals surface area contributed by atoms with Crippen molar-refractivity contribution >= 4 is 11.7 Å². The highest BCUT2D eigenvalue weighted by atomic mass is 16.5. The van der Waals surface area contributed by atoms with Crippen molar-refractivity contribution in [2.45, 2.75) is 13.8 Å². The van der Waals surface area contributed by atoms with Crippen LogP contribution in [0.1, 0.15) is 11.4 Å². The van der Waals surface area contributed by atoms with Gasteiger partial charge in [0.25, 0.3) is 5.91 Å². The molecule has 1 aliphatic rings. The van der Waals surface area contributed by atoms with Gasteiger partial charge in [-0.15, -0.1) is 0 Å². The Morgan fingerprint density at radius 3 is 2.59 bits per heavy atom. The molecule has 0 spiro atoms. The molecule has 1 amide bonds. The average molecular weight is 392 g/mol. The summed E-state index contributed by atoms with van der Waals surface area (Å²) in [5, 5.41) is 0. The van der Waals surface area contributed by atoms with E-state index in [1.165, 1.54) is 0 Å². The van der Waals surface area contributed by atoms with Crippen molar-refractivity contribution in [3.8, 4) is 11.6 Å². The molecule has 0 saturated carbocycles. The fraction of sp³-hybridized carbons (Fsp3) is 0.333. The van der Waals surface area contributed by atoms with Crippen molar-refractivity contribution in [1.29, 1.82) is 0 Å². The summed E-state index contributed by atoms with van der Waals surface area (Å²) in [7, 11) is 0. The fourth-order valence-electron chi connectivity index (χ4n) is 3.35. The third kappa shape index (κ3) is 4.53. The van der Waals surface area contributed by atoms with Crippen molar-refractivity contribution in [3.63, 3.8) is 0 Å². The zero-order chi connectivity index (χ0) is 20.2. The monoisotopic (exact) mass is 392 g/mol. The van der Waals surface area contributed by atoms with E-state index in [1.54, 1.807) is 12.5 Å². The van der Waals surface area contributed by atoms with Crippen molar-refractivity contribution in [1.82, 2.24) is 24.4 Å². The van der Waals surface area contributed by atoms with Crippen LogP contribution in [0.2, 0.25) is 0 Å². The first-order chi connectivity index (χ1) is 14.1. The van der Waals surface area contributed by atoms with Crippen molar-refractivity contribution in [2.24, 2.45) is 0 Å². The number of benzene rings is 1. The Hall–Kier alpha value is -3.42. The molecule has 3 heterocycles. The van der Waals surface area contributed by atoms with Gasteiger partial charge in [-0.1, -0.05) is 12.1 Å². The highest BCUT2D eigenvalue weighted by Crippen LogP contribution is 2.18. The molecule has 3 aromatic rings. The van der Waals surface area contributed by atoms with Gasteiger partial charge in [-0.25, -0.2) is 15.0 Å². The summed E-state index contributed by atoms with van der Waals surface area (Å²) in [5.74, 6) is 3.08. The second-order valence-electron chi connectivity index (χ2n) is 7.07. The Morgan fingerprint density at radius 1 is 1.07 bits per heavy atom. The molecule has 2 aromatic heterocycles. The number of aromatic nitrogens is 4. The van der Waals surface area contributed by atoms with Gasteiger partial charge in [0.2, 0.25) is 0 Å². The largest absolute Gasteiger partial charge is 0.484 e. The van der Waals surface area contributed by atoms with Crippen molar-refractivity contribution in [3.05, 3.63) is 60.4 Å². The van der Waals surface area contributed by atoms with Gasteiger partial charge >= 0.3 is 0 Å². The molecule has 150 valence electrons. The molecule has 0 radical (unpaired) electrons. The topological polar surface area (TPSA) is 76.4 Å². The standard InChI is InChI=1S/C21H24N6O2/c1-16-4-3-5-18(12-16)29-14-21(28)26-10-8-25(9-11-26)19-13-20(24-17(2)23-19)27-7-6-22-15-27/h3-7,12-13,15H,8-11,14H2,1-2H3. The van der Waals surface area contributed by atoms with Crippen LogP contribution in [0.5, 0.6) is 5.75 Å². The Bertz CT molecular complexity index is 981. The second-order valence-corrected chi connectivity index (χ2v) is 7.07. The molecule has 8 heteroatoms. The first kappa shape index (κ1) is 18.9. The molecule has 0 bridgehead atoms. The van der Waals surface area contributed by atoms with Gasteiger partial charge in [-0.05, 0) is 31.5 Å². The molecule has 29 heavy (non-hydrogen) atoms. The number of carbonyl (C=O) groups excluding carboxylic acids is 1. The second kappa shape index (κ2) is 8.30. The number of nitrogens with zero attached hydrogens (tertiary/aromatic N) is 6. The summed E-state index contributed by atoms with van der Waals surface area (Å²) in [6.45, 7) is 6.65. The predicted molar refractivity (Wildman–Crippen MR) is 109 cm³/mol. The Morgan fingerprint density at radius 2 is 1.86 bits per heavy atom. The number of ether oxygens (including phenoxy) is 1. The van der Waals surface area contributed by atoms with Crippen molar-refractivity contribution in [2.75, 3.05) is 37.7 Å². The van der Waals surface area contributed by atoms with Gasteiger partial charge in [0.15, 0.2) is 6.61 Å². The molecule has 0 unspecified atom stereocenters. The van der Waals surface area contributed by atoms with E-state index in [0.717, 1.165) is 36.0 Å². The summed E-state index contributed by atoms with van der Waals surface area (Å²) in [6.07, 6.45) is 5.30. The summed E-state index contributed by atoms with van der Waals surface area (Å²) in [5.41, 5.74) is 1.11. The van der Waals surface area contributed by atoms with E-state index in [1.807, 2.05) is 59.8 Å². The smallest absolute Gasteiger partial charge is 0.260 e. The Kier molecular flexibility index (Phi) is 5.41. The minimum Gasteiger partial charge on any atom is -0.484 e. The minimum atomic E-state index is 0.00382. The molecular formula is C21H24N6O2. The van der Waals surface area contributed by atoms with E-state index in [2.05, 4.69) is 19.9 Å². The summed E-state index contributed by atoms with van der Waals surface area (Å²) < 4.78 is 7.51. The number of hydrogen-bond acceptors (Lipinski definition) is 6. The van der Waals surface area contributed by atoms with Gasteiger partial charge in [0.1, 0.15) is 29.5 Å². The lowest BCUT2D eigenvalue weighted by Gasteiger charge is -2.35. The number of hydrogen-bond donors (Lipinski definition) is 0. The van der Waals surface area contributed by atoms with Crippen LogP contribution in [0.25, 0.3) is 5.82 Å². The molecule has 1 aliphatic heterocycles. The van der Waals surface area contributed by atoms with E-state index < -0.39 is 0 Å². The van der Waals surface area contributed by atoms with Gasteiger partial charge in [0, 0.05) is 44.6 Å². The fourth-order valence-corrected chi connectivity index (χ4v) is 3.35. The number of amides is 1. The maximum absolute atomic E-state index is 12.5. The zero-order valence-corrected chi connectivity index (χ0v) is 16.7. The lowest BCUT2D eigenvalue weighted by Crippen LogP contribution is -2.50. The maximum Gasteiger partial charge on any atom is 0.260 e. The summed E-state index contributed by atoms with van der Waals surface area (Å²) >= 11 is 0. The number of anilines is 1. The SMILES string of the molecule is Cc1cccc(OCC(=O)N2CCN(c3cc(-n4ccnc4)nc(C)n3)CC2)c1. The van der Waals surface area contributed by atoms with Crippen LogP contribution in [0.3, 0.4) is 0 Å². The third-order valence-electron chi connectivity index (χ3n) is 4.89. The first-order valence-electron chi connectivity index (χ1n) is 9.65. The summed E-state index contributed by atoms with van der Waals surface area (Å²) in [6, 6.07) is 9.68. The van der Waals surface area contributed by atoms with Crippen LogP contribution in [0, 0.1) is 13.8 Å². The van der Waals surface area contributed by atoms with E-state index in [0.29, 0.717) is 18.9 Å². The zero-order valence-electron chi connectivity index (χ0n) is 16.7. The van der Waals surface area contributed by atoms with E-state index in [4.69, 9.17) is 4.74 Å². The molecule has 4 rings (SSSR count). The van der Waals surface area contributed by atoms with E-state index in [-0.39, 0.29) is 12.5 Å². The highest BCUT2D eigenvalue weighted by Gasteiger charge is 2.23. The predicted octanol–water partition coefficient (Wildman–Crippen LogP) is 2.01. The van der Waals surface area contributed by atoms with Crippen LogP contribution in [0.4, 0.5) is 5.82 Å². The quantitative estimate of drug-likeness (QED) is 0.661. The molecular weight excluding hydrogens is 368 g/mol. The lowest BCUT2D eigenvalue weighted by molar-refractivity contribution is -0.133. The number of rotatable bonds is 5. The Balaban J connectivity index is 1.35. The van der Waals surface area contributed by atoms with Crippen LogP contribution < -0.4 is 9.64 Å². The van der Waals surface area contributed by atoms with Crippen LogP contribution >= 0.6 is 0 Å². The molecule has 1 fully saturated rings. The third-order valence-corrected chi connectivity index (χ3v) is 4.89. The van der Waals surface area contributed by atoms with E-state index >= 15 is 0 Å². The number of aryl methyl sites for hydroxylation is 2. The average Bonchev–Trinajstić information content (AvgIpc) is 3.27. The molecule has 1 saturated heterocycles. The van der Waals surface area contributed by atoms with E-state index in [9.17, 15) is 4.79 Å². The normalized spacial score (nSPS) is 14.1.